The summed E-state index contributed by atoms with van der Waals surface area (Å²) in [7, 11) is -4.29. The molecule has 0 aromatic heterocycles. The predicted molar refractivity (Wildman–Crippen MR) is 67.8 cm³/mol. The molecule has 0 radical (unpaired) electrons. The van der Waals surface area contributed by atoms with Crippen molar-refractivity contribution in [3.8, 4) is 5.75 Å². The number of hydrogen-bond donors (Lipinski definition) is 4. The highest BCUT2D eigenvalue weighted by molar-refractivity contribution is 7.91. The van der Waals surface area contributed by atoms with E-state index in [1.165, 1.54) is 6.92 Å². The molecule has 110 valence electrons. The minimum Gasteiger partial charge on any atom is -0.506 e. The summed E-state index contributed by atoms with van der Waals surface area (Å²) in [4.78, 5) is 21.6. The van der Waals surface area contributed by atoms with Gasteiger partial charge in [0.15, 0.2) is 0 Å². The van der Waals surface area contributed by atoms with E-state index in [-0.39, 0.29) is 17.9 Å². The molecule has 9 nitrogen and oxygen atoms in total. The lowest BCUT2D eigenvalue weighted by Gasteiger charge is -2.10. The summed E-state index contributed by atoms with van der Waals surface area (Å²) in [5.41, 5.74) is -0.504. The Morgan fingerprint density at radius 3 is 2.50 bits per heavy atom. The lowest BCUT2D eigenvalue weighted by molar-refractivity contribution is 0.0696. The molecule has 10 heteroatoms. The Labute approximate surface area is 114 Å². The fourth-order valence-corrected chi connectivity index (χ4v) is 1.98. The zero-order valence-electron chi connectivity index (χ0n) is 10.3. The molecule has 1 amide bonds. The zero-order valence-corrected chi connectivity index (χ0v) is 11.1. The molecule has 0 aliphatic carbocycles. The molecule has 1 aromatic rings. The van der Waals surface area contributed by atoms with Gasteiger partial charge in [-0.3, -0.25) is 4.72 Å². The number of carbonyl (C=O) groups excluding carboxylic acids is 1. The monoisotopic (exact) mass is 304 g/mol. The van der Waals surface area contributed by atoms with Gasteiger partial charge in [0.25, 0.3) is 0 Å². The van der Waals surface area contributed by atoms with Crippen molar-refractivity contribution in [2.24, 2.45) is 0 Å². The van der Waals surface area contributed by atoms with Crippen molar-refractivity contribution < 1.29 is 33.0 Å². The topological polar surface area (TPSA) is 142 Å². The summed E-state index contributed by atoms with van der Waals surface area (Å²) in [6.45, 7) is 1.48. The van der Waals surface area contributed by atoms with Crippen LogP contribution in [0.25, 0.3) is 0 Å². The lowest BCUT2D eigenvalue weighted by atomic mass is 10.2. The molecule has 0 bridgehead atoms. The zero-order chi connectivity index (χ0) is 15.3. The maximum Gasteiger partial charge on any atom is 0.422 e. The number of rotatable bonds is 5. The Morgan fingerprint density at radius 2 is 2.00 bits per heavy atom. The molecule has 0 unspecified atom stereocenters. The minimum atomic E-state index is -4.29. The Bertz CT molecular complexity index is 626. The molecule has 1 rings (SSSR count). The SMILES string of the molecule is CCOC(=O)NS(=O)(=O)Nc1ccc(C(=O)O)cc1O. The molecular weight excluding hydrogens is 292 g/mol. The number of carboxylic acid groups (broad SMARTS) is 1. The van der Waals surface area contributed by atoms with Gasteiger partial charge in [0.2, 0.25) is 0 Å². The molecule has 0 saturated carbocycles. The number of anilines is 1. The third kappa shape index (κ3) is 4.31. The van der Waals surface area contributed by atoms with Crippen LogP contribution in [0.4, 0.5) is 10.5 Å². The molecule has 0 spiro atoms. The second-order valence-corrected chi connectivity index (χ2v) is 4.88. The van der Waals surface area contributed by atoms with E-state index in [0.717, 1.165) is 18.2 Å². The van der Waals surface area contributed by atoms with Crippen molar-refractivity contribution in [2.75, 3.05) is 11.3 Å². The van der Waals surface area contributed by atoms with Gasteiger partial charge in [0.1, 0.15) is 5.75 Å². The van der Waals surface area contributed by atoms with Gasteiger partial charge in [0, 0.05) is 0 Å². The summed E-state index contributed by atoms with van der Waals surface area (Å²) in [5.74, 6) is -1.88. The van der Waals surface area contributed by atoms with Gasteiger partial charge in [-0.15, -0.1) is 0 Å². The van der Waals surface area contributed by atoms with Gasteiger partial charge in [-0.05, 0) is 25.1 Å². The quantitative estimate of drug-likeness (QED) is 0.580. The van der Waals surface area contributed by atoms with Gasteiger partial charge in [0.05, 0.1) is 17.9 Å². The standard InChI is InChI=1S/C10H12N2O7S/c1-2-19-10(16)12-20(17,18)11-7-4-3-6(9(14)15)5-8(7)13/h3-5,11,13H,2H2,1H3,(H,12,16)(H,14,15). The van der Waals surface area contributed by atoms with Crippen molar-refractivity contribution in [1.29, 1.82) is 0 Å². The number of carboxylic acids is 1. The van der Waals surface area contributed by atoms with Crippen LogP contribution in [0.3, 0.4) is 0 Å². The summed E-state index contributed by atoms with van der Waals surface area (Å²) < 4.78 is 30.8. The Hall–Kier alpha value is -2.49. The number of hydrogen-bond acceptors (Lipinski definition) is 6. The third-order valence-electron chi connectivity index (χ3n) is 1.98. The first-order valence-electron chi connectivity index (χ1n) is 5.28. The van der Waals surface area contributed by atoms with Crippen molar-refractivity contribution in [2.45, 2.75) is 6.92 Å². The van der Waals surface area contributed by atoms with Crippen LogP contribution < -0.4 is 9.44 Å². The fourth-order valence-electron chi connectivity index (χ4n) is 1.19. The number of ether oxygens (including phenoxy) is 1. The highest BCUT2D eigenvalue weighted by atomic mass is 32.2. The molecule has 0 fully saturated rings. The van der Waals surface area contributed by atoms with Crippen LogP contribution in [0.2, 0.25) is 0 Å². The largest absolute Gasteiger partial charge is 0.506 e. The van der Waals surface area contributed by atoms with E-state index in [2.05, 4.69) is 4.74 Å². The van der Waals surface area contributed by atoms with Gasteiger partial charge in [-0.2, -0.15) is 8.42 Å². The number of carbonyl (C=O) groups is 2. The van der Waals surface area contributed by atoms with Crippen LogP contribution in [0, 0.1) is 0 Å². The van der Waals surface area contributed by atoms with E-state index in [0.29, 0.717) is 0 Å². The Morgan fingerprint density at radius 1 is 1.35 bits per heavy atom. The second-order valence-electron chi connectivity index (χ2n) is 3.47. The molecule has 1 aromatic carbocycles. The third-order valence-corrected chi connectivity index (χ3v) is 2.91. The van der Waals surface area contributed by atoms with Crippen molar-refractivity contribution in [1.82, 2.24) is 4.72 Å². The molecule has 20 heavy (non-hydrogen) atoms. The number of phenolic OH excluding ortho intramolecular Hbond substituents is 1. The average Bonchev–Trinajstić information content (AvgIpc) is 2.30. The van der Waals surface area contributed by atoms with E-state index in [1.807, 2.05) is 4.72 Å². The maximum absolute atomic E-state index is 11.5. The normalized spacial score (nSPS) is 10.7. The van der Waals surface area contributed by atoms with Crippen LogP contribution in [0.1, 0.15) is 17.3 Å². The maximum atomic E-state index is 11.5. The summed E-state index contributed by atoms with van der Waals surface area (Å²) >= 11 is 0. The van der Waals surface area contributed by atoms with Gasteiger partial charge >= 0.3 is 22.3 Å². The first kappa shape index (κ1) is 15.6. The molecule has 0 heterocycles. The highest BCUT2D eigenvalue weighted by Gasteiger charge is 2.17. The lowest BCUT2D eigenvalue weighted by Crippen LogP contribution is -2.35. The van der Waals surface area contributed by atoms with E-state index in [4.69, 9.17) is 5.11 Å². The van der Waals surface area contributed by atoms with E-state index in [1.54, 1.807) is 4.72 Å². The molecule has 0 aliphatic rings. The van der Waals surface area contributed by atoms with Crippen molar-refractivity contribution in [3.63, 3.8) is 0 Å². The Balaban J connectivity index is 2.87. The van der Waals surface area contributed by atoms with E-state index in [9.17, 15) is 23.1 Å². The molecule has 4 N–H and O–H groups in total. The van der Waals surface area contributed by atoms with E-state index >= 15 is 0 Å². The number of nitrogens with one attached hydrogen (secondary N) is 2. The van der Waals surface area contributed by atoms with Crippen molar-refractivity contribution in [3.05, 3.63) is 23.8 Å². The average molecular weight is 304 g/mol. The first-order valence-corrected chi connectivity index (χ1v) is 6.77. The number of phenols is 1. The second kappa shape index (κ2) is 6.10. The van der Waals surface area contributed by atoms with Gasteiger partial charge in [-0.25, -0.2) is 14.3 Å². The summed E-state index contributed by atoms with van der Waals surface area (Å²) in [6.07, 6.45) is -1.18. The first-order chi connectivity index (χ1) is 9.25. The van der Waals surface area contributed by atoms with Gasteiger partial charge in [-0.1, -0.05) is 0 Å². The van der Waals surface area contributed by atoms with Crippen LogP contribution >= 0.6 is 0 Å². The summed E-state index contributed by atoms with van der Waals surface area (Å²) in [6, 6.07) is 3.00. The Kier molecular flexibility index (Phi) is 4.75. The van der Waals surface area contributed by atoms with Crippen LogP contribution in [0.15, 0.2) is 18.2 Å². The predicted octanol–water partition coefficient (Wildman–Crippen LogP) is 0.493. The molecular formula is C10H12N2O7S. The van der Waals surface area contributed by atoms with Crippen molar-refractivity contribution >= 4 is 28.0 Å². The smallest absolute Gasteiger partial charge is 0.422 e. The molecule has 0 saturated heterocycles. The number of benzene rings is 1. The van der Waals surface area contributed by atoms with E-state index < -0.39 is 28.0 Å². The number of aromatic carboxylic acids is 1. The van der Waals surface area contributed by atoms with Crippen LogP contribution in [-0.4, -0.2) is 37.3 Å². The van der Waals surface area contributed by atoms with Crippen LogP contribution in [-0.2, 0) is 14.9 Å². The highest BCUT2D eigenvalue weighted by Crippen LogP contribution is 2.24. The fraction of sp³-hybridized carbons (Fsp3) is 0.200. The molecule has 0 aliphatic heterocycles. The number of aromatic hydroxyl groups is 1. The molecule has 0 atom stereocenters. The van der Waals surface area contributed by atoms with Gasteiger partial charge < -0.3 is 14.9 Å². The van der Waals surface area contributed by atoms with Crippen LogP contribution in [0.5, 0.6) is 5.75 Å². The summed E-state index contributed by atoms with van der Waals surface area (Å²) in [5, 5.41) is 18.2. The number of amides is 1. The minimum absolute atomic E-state index is 0.0140.